The number of thiophene rings is 1. The average molecular weight is 327 g/mol. The highest BCUT2D eigenvalue weighted by atomic mass is 32.2. The van der Waals surface area contributed by atoms with Gasteiger partial charge in [-0.3, -0.25) is 4.79 Å². The Hall–Kier alpha value is -2.05. The Kier molecular flexibility index (Phi) is 3.48. The van der Waals surface area contributed by atoms with Crippen LogP contribution in [0.3, 0.4) is 0 Å². The summed E-state index contributed by atoms with van der Waals surface area (Å²) >= 11 is 3.36. The number of thioether (sulfide) groups is 1. The molecule has 0 radical (unpaired) electrons. The van der Waals surface area contributed by atoms with Gasteiger partial charge in [0.1, 0.15) is 5.82 Å². The van der Waals surface area contributed by atoms with Crippen LogP contribution in [0.15, 0.2) is 54.0 Å². The summed E-state index contributed by atoms with van der Waals surface area (Å²) in [6.07, 6.45) is 1.87. The molecule has 3 heterocycles. The van der Waals surface area contributed by atoms with Crippen molar-refractivity contribution in [1.82, 2.24) is 9.78 Å². The number of hydrogen-bond acceptors (Lipinski definition) is 4. The Balaban J connectivity index is 1.85. The highest BCUT2D eigenvalue weighted by Crippen LogP contribution is 2.43. The van der Waals surface area contributed by atoms with Gasteiger partial charge in [-0.05, 0) is 23.6 Å². The minimum absolute atomic E-state index is 0.0167. The molecule has 1 N–H and O–H groups in total. The lowest BCUT2D eigenvalue weighted by molar-refractivity contribution is -0.113. The Bertz CT molecular complexity index is 796. The van der Waals surface area contributed by atoms with Crippen LogP contribution in [0, 0.1) is 0 Å². The van der Waals surface area contributed by atoms with Gasteiger partial charge < -0.3 is 5.32 Å². The van der Waals surface area contributed by atoms with Crippen LogP contribution in [0.5, 0.6) is 0 Å². The van der Waals surface area contributed by atoms with Gasteiger partial charge in [0.15, 0.2) is 0 Å². The molecule has 110 valence electrons. The maximum atomic E-state index is 12.1. The first-order valence-electron chi connectivity index (χ1n) is 6.91. The number of nitrogens with zero attached hydrogens (tertiary/aromatic N) is 2. The summed E-state index contributed by atoms with van der Waals surface area (Å²) in [6, 6.07) is 14.0. The number of fused-ring (bicyclic) bond motifs is 1. The number of carbonyl (C=O) groups excluding carboxylic acids is 1. The molecule has 1 aromatic carbocycles. The Labute approximate surface area is 136 Å². The predicted molar refractivity (Wildman–Crippen MR) is 90.8 cm³/mol. The summed E-state index contributed by atoms with van der Waals surface area (Å²) < 4.78 is 1.81. The number of aromatic nitrogens is 2. The van der Waals surface area contributed by atoms with Crippen LogP contribution in [-0.4, -0.2) is 21.4 Å². The van der Waals surface area contributed by atoms with Crippen molar-refractivity contribution >= 4 is 34.8 Å². The Morgan fingerprint density at radius 3 is 2.82 bits per heavy atom. The van der Waals surface area contributed by atoms with Crippen molar-refractivity contribution < 1.29 is 4.79 Å². The second kappa shape index (κ2) is 5.62. The van der Waals surface area contributed by atoms with Crippen molar-refractivity contribution in [3.8, 4) is 5.69 Å². The number of amides is 1. The molecule has 0 fully saturated rings. The molecule has 1 amide bonds. The third-order valence-electron chi connectivity index (χ3n) is 3.52. The van der Waals surface area contributed by atoms with E-state index in [0.29, 0.717) is 5.75 Å². The SMILES string of the molecule is O=C1CS[C@H](c2cccs2)c2cnn(-c3ccccc3)c2N1. The molecule has 0 aliphatic carbocycles. The zero-order chi connectivity index (χ0) is 14.9. The maximum Gasteiger partial charge on any atom is 0.235 e. The van der Waals surface area contributed by atoms with Crippen molar-refractivity contribution in [2.24, 2.45) is 0 Å². The van der Waals surface area contributed by atoms with E-state index in [-0.39, 0.29) is 11.2 Å². The van der Waals surface area contributed by atoms with Gasteiger partial charge in [-0.2, -0.15) is 5.10 Å². The molecule has 0 saturated heterocycles. The van der Waals surface area contributed by atoms with E-state index >= 15 is 0 Å². The van der Waals surface area contributed by atoms with Gasteiger partial charge in [-0.15, -0.1) is 23.1 Å². The Morgan fingerprint density at radius 1 is 1.18 bits per heavy atom. The molecule has 6 heteroatoms. The monoisotopic (exact) mass is 327 g/mol. The largest absolute Gasteiger partial charge is 0.310 e. The first kappa shape index (κ1) is 13.6. The third-order valence-corrected chi connectivity index (χ3v) is 5.88. The lowest BCUT2D eigenvalue weighted by atomic mass is 10.2. The van der Waals surface area contributed by atoms with Crippen molar-refractivity contribution in [2.45, 2.75) is 5.25 Å². The number of anilines is 1. The van der Waals surface area contributed by atoms with E-state index in [2.05, 4.69) is 21.9 Å². The van der Waals surface area contributed by atoms with Crippen LogP contribution in [0.25, 0.3) is 5.69 Å². The van der Waals surface area contributed by atoms with Gasteiger partial charge in [-0.25, -0.2) is 4.68 Å². The number of benzene rings is 1. The molecule has 0 bridgehead atoms. The van der Waals surface area contributed by atoms with E-state index in [4.69, 9.17) is 0 Å². The zero-order valence-corrected chi connectivity index (χ0v) is 13.2. The maximum absolute atomic E-state index is 12.1. The molecule has 1 atom stereocenters. The summed E-state index contributed by atoms with van der Waals surface area (Å²) in [5, 5.41) is 9.72. The molecule has 2 aromatic heterocycles. The molecule has 3 aromatic rings. The van der Waals surface area contributed by atoms with E-state index in [0.717, 1.165) is 17.1 Å². The molecule has 4 rings (SSSR count). The molecule has 22 heavy (non-hydrogen) atoms. The number of rotatable bonds is 2. The number of hydrogen-bond donors (Lipinski definition) is 1. The fourth-order valence-electron chi connectivity index (χ4n) is 2.54. The van der Waals surface area contributed by atoms with Crippen LogP contribution < -0.4 is 5.32 Å². The van der Waals surface area contributed by atoms with Gasteiger partial charge in [0.25, 0.3) is 0 Å². The first-order chi connectivity index (χ1) is 10.8. The van der Waals surface area contributed by atoms with E-state index in [1.807, 2.05) is 42.6 Å². The summed E-state index contributed by atoms with van der Waals surface area (Å²) in [5.74, 6) is 1.24. The number of nitrogens with one attached hydrogen (secondary N) is 1. The van der Waals surface area contributed by atoms with E-state index in [1.54, 1.807) is 27.8 Å². The van der Waals surface area contributed by atoms with Gasteiger partial charge in [0.05, 0.1) is 22.9 Å². The lowest BCUT2D eigenvalue weighted by Gasteiger charge is -2.12. The van der Waals surface area contributed by atoms with Crippen molar-refractivity contribution in [3.63, 3.8) is 0 Å². The van der Waals surface area contributed by atoms with Crippen LogP contribution in [-0.2, 0) is 4.79 Å². The molecule has 4 nitrogen and oxygen atoms in total. The third kappa shape index (κ3) is 2.34. The van der Waals surface area contributed by atoms with Gasteiger partial charge >= 0.3 is 0 Å². The molecular weight excluding hydrogens is 314 g/mol. The van der Waals surface area contributed by atoms with Gasteiger partial charge in [0.2, 0.25) is 5.91 Å². The van der Waals surface area contributed by atoms with Gasteiger partial charge in [-0.1, -0.05) is 24.3 Å². The summed E-state index contributed by atoms with van der Waals surface area (Å²) in [7, 11) is 0. The molecule has 0 saturated carbocycles. The van der Waals surface area contributed by atoms with E-state index < -0.39 is 0 Å². The molecule has 0 unspecified atom stereocenters. The molecule has 1 aliphatic rings. The highest BCUT2D eigenvalue weighted by molar-refractivity contribution is 8.00. The molecular formula is C16H13N3OS2. The summed E-state index contributed by atoms with van der Waals surface area (Å²) in [5.41, 5.74) is 2.00. The average Bonchev–Trinajstić information content (AvgIpc) is 3.17. The van der Waals surface area contributed by atoms with Crippen LogP contribution in [0.4, 0.5) is 5.82 Å². The smallest absolute Gasteiger partial charge is 0.235 e. The minimum atomic E-state index is 0.0167. The number of carbonyl (C=O) groups is 1. The minimum Gasteiger partial charge on any atom is -0.310 e. The first-order valence-corrected chi connectivity index (χ1v) is 8.84. The standard InChI is InChI=1S/C16H13N3OS2/c20-14-10-22-15(13-7-4-8-21-13)12-9-17-19(16(12)18-14)11-5-2-1-3-6-11/h1-9,15H,10H2,(H,18,20)/t15-/m0/s1. The van der Waals surface area contributed by atoms with E-state index in [9.17, 15) is 4.79 Å². The second-order valence-electron chi connectivity index (χ2n) is 4.95. The van der Waals surface area contributed by atoms with Crippen LogP contribution in [0.1, 0.15) is 15.7 Å². The number of para-hydroxylation sites is 1. The fourth-order valence-corrected chi connectivity index (χ4v) is 4.61. The Morgan fingerprint density at radius 2 is 2.05 bits per heavy atom. The molecule has 1 aliphatic heterocycles. The van der Waals surface area contributed by atoms with Crippen molar-refractivity contribution in [1.29, 1.82) is 0 Å². The van der Waals surface area contributed by atoms with Crippen molar-refractivity contribution in [2.75, 3.05) is 11.1 Å². The normalized spacial score (nSPS) is 17.6. The fraction of sp³-hybridized carbons (Fsp3) is 0.125. The van der Waals surface area contributed by atoms with Crippen LogP contribution >= 0.6 is 23.1 Å². The van der Waals surface area contributed by atoms with Crippen LogP contribution in [0.2, 0.25) is 0 Å². The zero-order valence-electron chi connectivity index (χ0n) is 11.6. The van der Waals surface area contributed by atoms with E-state index in [1.165, 1.54) is 4.88 Å². The predicted octanol–water partition coefficient (Wildman–Crippen LogP) is 3.71. The molecule has 0 spiro atoms. The quantitative estimate of drug-likeness (QED) is 0.780. The highest BCUT2D eigenvalue weighted by Gasteiger charge is 2.28. The second-order valence-corrected chi connectivity index (χ2v) is 7.02. The summed E-state index contributed by atoms with van der Waals surface area (Å²) in [6.45, 7) is 0. The van der Waals surface area contributed by atoms with Crippen molar-refractivity contribution in [3.05, 3.63) is 64.5 Å². The lowest BCUT2D eigenvalue weighted by Crippen LogP contribution is -2.15. The topological polar surface area (TPSA) is 46.9 Å². The van der Waals surface area contributed by atoms with Gasteiger partial charge in [0, 0.05) is 10.4 Å². The summed E-state index contributed by atoms with van der Waals surface area (Å²) in [4.78, 5) is 13.3.